The molecule has 0 aromatic rings. The Balaban J connectivity index is 2.65. The number of amides is 1. The van der Waals surface area contributed by atoms with E-state index < -0.39 is 10.9 Å². The number of carbonyl (C=O) groups excluding carboxylic acids is 1. The molecular formula is C7H10N2OS2. The third-order valence-electron chi connectivity index (χ3n) is 1.74. The standard InChI is InChI=1S/C7H10N2OS2/c1-12(5-8)7(11)9-4-2-3-6(9)10/h12H,2-4H2,1H3. The summed E-state index contributed by atoms with van der Waals surface area (Å²) in [6, 6.07) is 0. The highest BCUT2D eigenvalue weighted by atomic mass is 32.2. The maximum atomic E-state index is 11.2. The Hall–Kier alpha value is -0.600. The molecule has 0 saturated carbocycles. The third-order valence-corrected chi connectivity index (χ3v) is 3.90. The second kappa shape index (κ2) is 3.87. The lowest BCUT2D eigenvalue weighted by Gasteiger charge is -2.19. The first kappa shape index (κ1) is 9.49. The van der Waals surface area contributed by atoms with Crippen molar-refractivity contribution in [1.82, 2.24) is 4.90 Å². The topological polar surface area (TPSA) is 44.1 Å². The highest BCUT2D eigenvalue weighted by molar-refractivity contribution is 8.38. The summed E-state index contributed by atoms with van der Waals surface area (Å²) in [6.07, 6.45) is 3.23. The molecule has 1 atom stereocenters. The molecule has 1 heterocycles. The highest BCUT2D eigenvalue weighted by Crippen LogP contribution is 2.26. The van der Waals surface area contributed by atoms with Crippen molar-refractivity contribution in [3.8, 4) is 5.40 Å². The quantitative estimate of drug-likeness (QED) is 0.362. The number of rotatable bonds is 0. The maximum Gasteiger partial charge on any atom is 0.228 e. The van der Waals surface area contributed by atoms with Gasteiger partial charge in [-0.3, -0.25) is 9.69 Å². The van der Waals surface area contributed by atoms with E-state index in [1.807, 2.05) is 0 Å². The van der Waals surface area contributed by atoms with Gasteiger partial charge >= 0.3 is 0 Å². The van der Waals surface area contributed by atoms with Gasteiger partial charge in [-0.15, -0.1) is 10.9 Å². The third kappa shape index (κ3) is 1.76. The lowest BCUT2D eigenvalue weighted by Crippen LogP contribution is -2.29. The molecule has 0 radical (unpaired) electrons. The van der Waals surface area contributed by atoms with E-state index in [4.69, 9.17) is 17.5 Å². The van der Waals surface area contributed by atoms with E-state index in [9.17, 15) is 4.79 Å². The van der Waals surface area contributed by atoms with Crippen LogP contribution in [0.4, 0.5) is 0 Å². The Morgan fingerprint density at radius 1 is 1.83 bits per heavy atom. The largest absolute Gasteiger partial charge is 0.298 e. The Kier molecular flexibility index (Phi) is 3.06. The molecule has 1 saturated heterocycles. The van der Waals surface area contributed by atoms with Crippen LogP contribution >= 0.6 is 23.1 Å². The number of thiol groups is 1. The van der Waals surface area contributed by atoms with Crippen molar-refractivity contribution in [2.24, 2.45) is 0 Å². The van der Waals surface area contributed by atoms with E-state index in [0.717, 1.165) is 6.42 Å². The molecule has 1 aliphatic heterocycles. The second-order valence-corrected chi connectivity index (χ2v) is 5.02. The zero-order valence-electron chi connectivity index (χ0n) is 6.78. The molecular weight excluding hydrogens is 192 g/mol. The first-order chi connectivity index (χ1) is 5.66. The maximum absolute atomic E-state index is 11.2. The molecule has 1 fully saturated rings. The van der Waals surface area contributed by atoms with Gasteiger partial charge in [0.05, 0.1) is 0 Å². The van der Waals surface area contributed by atoms with Gasteiger partial charge < -0.3 is 0 Å². The van der Waals surface area contributed by atoms with Gasteiger partial charge in [0.25, 0.3) is 0 Å². The summed E-state index contributed by atoms with van der Waals surface area (Å²) >= 11 is 5.02. The molecule has 1 rings (SSSR count). The van der Waals surface area contributed by atoms with Crippen molar-refractivity contribution >= 4 is 33.3 Å². The molecule has 66 valence electrons. The highest BCUT2D eigenvalue weighted by Gasteiger charge is 2.25. The average molecular weight is 202 g/mol. The lowest BCUT2D eigenvalue weighted by molar-refractivity contribution is -0.124. The van der Waals surface area contributed by atoms with Crippen molar-refractivity contribution in [1.29, 1.82) is 5.26 Å². The van der Waals surface area contributed by atoms with Crippen LogP contribution in [0.2, 0.25) is 0 Å². The van der Waals surface area contributed by atoms with Crippen molar-refractivity contribution in [2.45, 2.75) is 12.8 Å². The van der Waals surface area contributed by atoms with Gasteiger partial charge in [-0.2, -0.15) is 5.26 Å². The Labute approximate surface area is 79.7 Å². The molecule has 0 N–H and O–H groups in total. The van der Waals surface area contributed by atoms with Crippen LogP contribution in [0.5, 0.6) is 0 Å². The number of thiocyanates is 1. The summed E-state index contributed by atoms with van der Waals surface area (Å²) in [5.41, 5.74) is 0. The molecule has 5 heteroatoms. The Morgan fingerprint density at radius 2 is 2.50 bits per heavy atom. The molecule has 0 aromatic heterocycles. The number of nitrogens with zero attached hydrogens (tertiary/aromatic N) is 2. The monoisotopic (exact) mass is 202 g/mol. The normalized spacial score (nSPS) is 20.5. The summed E-state index contributed by atoms with van der Waals surface area (Å²) in [5, 5.41) is 10.7. The number of carbonyl (C=O) groups is 1. The molecule has 0 aromatic carbocycles. The molecule has 0 bridgehead atoms. The van der Waals surface area contributed by atoms with Crippen LogP contribution in [0.15, 0.2) is 0 Å². The Morgan fingerprint density at radius 3 is 2.92 bits per heavy atom. The van der Waals surface area contributed by atoms with Crippen molar-refractivity contribution in [3.05, 3.63) is 0 Å². The van der Waals surface area contributed by atoms with E-state index in [1.54, 1.807) is 11.2 Å². The number of nitriles is 1. The molecule has 0 aliphatic carbocycles. The smallest absolute Gasteiger partial charge is 0.228 e. The number of thiocarbonyl (C=S) groups is 1. The van der Waals surface area contributed by atoms with Crippen molar-refractivity contribution < 1.29 is 4.79 Å². The van der Waals surface area contributed by atoms with Gasteiger partial charge in [0.1, 0.15) is 9.72 Å². The fraction of sp³-hybridized carbons (Fsp3) is 0.571. The van der Waals surface area contributed by atoms with Crippen LogP contribution in [-0.2, 0) is 4.79 Å². The van der Waals surface area contributed by atoms with Gasteiger partial charge in [-0.1, -0.05) is 12.2 Å². The molecule has 1 amide bonds. The van der Waals surface area contributed by atoms with Crippen LogP contribution in [-0.4, -0.2) is 27.9 Å². The SMILES string of the molecule is C[SH](C#N)C(=S)N1CCCC1=O. The molecule has 1 aliphatic rings. The van der Waals surface area contributed by atoms with Gasteiger partial charge in [-0.25, -0.2) is 0 Å². The predicted molar refractivity (Wildman–Crippen MR) is 54.1 cm³/mol. The van der Waals surface area contributed by atoms with E-state index >= 15 is 0 Å². The minimum Gasteiger partial charge on any atom is -0.298 e. The second-order valence-electron chi connectivity index (χ2n) is 2.59. The van der Waals surface area contributed by atoms with Crippen LogP contribution in [0, 0.1) is 10.7 Å². The first-order valence-electron chi connectivity index (χ1n) is 3.64. The zero-order chi connectivity index (χ0) is 9.14. The molecule has 0 spiro atoms. The molecule has 1 unspecified atom stereocenters. The Bertz CT molecular complexity index is 259. The van der Waals surface area contributed by atoms with E-state index in [-0.39, 0.29) is 5.91 Å². The van der Waals surface area contributed by atoms with Crippen LogP contribution in [0.25, 0.3) is 0 Å². The summed E-state index contributed by atoms with van der Waals surface area (Å²) in [6.45, 7) is 0.700. The number of hydrogen-bond donors (Lipinski definition) is 1. The van der Waals surface area contributed by atoms with Crippen LogP contribution in [0.3, 0.4) is 0 Å². The minimum absolute atomic E-state index is 0.0737. The summed E-state index contributed by atoms with van der Waals surface area (Å²) in [5.74, 6) is 0.0737. The fourth-order valence-corrected chi connectivity index (χ4v) is 2.05. The zero-order valence-corrected chi connectivity index (χ0v) is 8.49. The summed E-state index contributed by atoms with van der Waals surface area (Å²) < 4.78 is 0.537. The van der Waals surface area contributed by atoms with Gasteiger partial charge in [0.15, 0.2) is 0 Å². The minimum atomic E-state index is -0.935. The van der Waals surface area contributed by atoms with Gasteiger partial charge in [0.2, 0.25) is 5.91 Å². The van der Waals surface area contributed by atoms with Crippen LogP contribution < -0.4 is 0 Å². The van der Waals surface area contributed by atoms with Gasteiger partial charge in [-0.05, 0) is 12.7 Å². The van der Waals surface area contributed by atoms with E-state index in [0.29, 0.717) is 17.3 Å². The summed E-state index contributed by atoms with van der Waals surface area (Å²) in [4.78, 5) is 12.7. The molecule has 3 nitrogen and oxygen atoms in total. The van der Waals surface area contributed by atoms with E-state index in [1.165, 1.54) is 0 Å². The fourth-order valence-electron chi connectivity index (χ4n) is 1.07. The van der Waals surface area contributed by atoms with Gasteiger partial charge in [0, 0.05) is 13.0 Å². The number of hydrogen-bond acceptors (Lipinski definition) is 3. The van der Waals surface area contributed by atoms with Crippen molar-refractivity contribution in [3.63, 3.8) is 0 Å². The lowest BCUT2D eigenvalue weighted by atomic mass is 10.4. The van der Waals surface area contributed by atoms with Crippen molar-refractivity contribution in [2.75, 3.05) is 12.8 Å². The summed E-state index contributed by atoms with van der Waals surface area (Å²) in [7, 11) is -0.935. The van der Waals surface area contributed by atoms with E-state index in [2.05, 4.69) is 5.40 Å². The number of likely N-dealkylation sites (tertiary alicyclic amines) is 1. The average Bonchev–Trinajstić information content (AvgIpc) is 2.48. The predicted octanol–water partition coefficient (Wildman–Crippen LogP) is 1.01. The molecule has 12 heavy (non-hydrogen) atoms. The van der Waals surface area contributed by atoms with Crippen LogP contribution in [0.1, 0.15) is 12.8 Å². The first-order valence-corrected chi connectivity index (χ1v) is 5.84.